The van der Waals surface area contributed by atoms with E-state index in [2.05, 4.69) is 24.5 Å². The molecule has 2 rings (SSSR count). The molecule has 0 unspecified atom stereocenters. The van der Waals surface area contributed by atoms with Gasteiger partial charge in [-0.05, 0) is 48.6 Å². The quantitative estimate of drug-likeness (QED) is 0.727. The Hall–Kier alpha value is -2.62. The zero-order chi connectivity index (χ0) is 19.1. The molecule has 0 radical (unpaired) electrons. The van der Waals surface area contributed by atoms with E-state index in [-0.39, 0.29) is 17.7 Å². The molecule has 2 aromatic rings. The average molecular weight is 352 g/mol. The first-order valence-corrected chi connectivity index (χ1v) is 9.10. The van der Waals surface area contributed by atoms with Crippen molar-refractivity contribution in [2.45, 2.75) is 46.5 Å². The fourth-order valence-corrected chi connectivity index (χ4v) is 2.72. The van der Waals surface area contributed by atoms with Crippen LogP contribution in [0, 0.1) is 12.8 Å². The third kappa shape index (κ3) is 6.36. The van der Waals surface area contributed by atoms with Crippen molar-refractivity contribution >= 4 is 23.2 Å². The van der Waals surface area contributed by atoms with E-state index >= 15 is 0 Å². The van der Waals surface area contributed by atoms with Gasteiger partial charge in [-0.3, -0.25) is 9.59 Å². The highest BCUT2D eigenvalue weighted by atomic mass is 16.2. The van der Waals surface area contributed by atoms with Gasteiger partial charge in [-0.2, -0.15) is 0 Å². The summed E-state index contributed by atoms with van der Waals surface area (Å²) in [5.74, 6) is 0.288. The van der Waals surface area contributed by atoms with E-state index in [1.54, 1.807) is 0 Å². The summed E-state index contributed by atoms with van der Waals surface area (Å²) in [4.78, 5) is 24.3. The molecule has 0 heterocycles. The molecule has 0 saturated carbocycles. The Labute approximate surface area is 156 Å². The largest absolute Gasteiger partial charge is 0.326 e. The van der Waals surface area contributed by atoms with Crippen molar-refractivity contribution in [3.8, 4) is 0 Å². The average Bonchev–Trinajstić information content (AvgIpc) is 2.57. The molecule has 138 valence electrons. The number of hydrogen-bond acceptors (Lipinski definition) is 2. The molecule has 0 saturated heterocycles. The summed E-state index contributed by atoms with van der Waals surface area (Å²) in [6.07, 6.45) is 0.626. The molecule has 0 aliphatic rings. The number of aryl methyl sites for hydroxylation is 1. The smallest absolute Gasteiger partial charge is 0.224 e. The summed E-state index contributed by atoms with van der Waals surface area (Å²) in [5.41, 5.74) is 3.96. The molecular formula is C22H28N2O2. The van der Waals surface area contributed by atoms with Crippen molar-refractivity contribution in [3.63, 3.8) is 0 Å². The maximum absolute atomic E-state index is 12.2. The Balaban J connectivity index is 1.78. The first kappa shape index (κ1) is 19.7. The second kappa shape index (κ2) is 9.18. The molecule has 0 aromatic heterocycles. The standard InChI is InChI=1S/C22H28N2O2/c1-15(2)18-7-11-20(12-8-18)24-22(26)14-17(4)13-21(25)23-19-9-5-16(3)6-10-19/h5-12,15,17H,13-14H2,1-4H3,(H,23,25)(H,24,26)/t17-/m1/s1. The summed E-state index contributed by atoms with van der Waals surface area (Å²) < 4.78 is 0. The van der Waals surface area contributed by atoms with Crippen LogP contribution in [-0.2, 0) is 9.59 Å². The Morgan fingerprint density at radius 1 is 0.769 bits per heavy atom. The van der Waals surface area contributed by atoms with Crippen molar-refractivity contribution in [1.29, 1.82) is 0 Å². The second-order valence-electron chi connectivity index (χ2n) is 7.25. The molecule has 0 spiro atoms. The summed E-state index contributed by atoms with van der Waals surface area (Å²) in [6.45, 7) is 8.19. The number of amides is 2. The fraction of sp³-hybridized carbons (Fsp3) is 0.364. The number of nitrogens with one attached hydrogen (secondary N) is 2. The van der Waals surface area contributed by atoms with Crippen LogP contribution in [0.15, 0.2) is 48.5 Å². The summed E-state index contributed by atoms with van der Waals surface area (Å²) >= 11 is 0. The molecule has 0 bridgehead atoms. The molecular weight excluding hydrogens is 324 g/mol. The van der Waals surface area contributed by atoms with E-state index < -0.39 is 0 Å². The van der Waals surface area contributed by atoms with Gasteiger partial charge >= 0.3 is 0 Å². The molecule has 0 fully saturated rings. The highest BCUT2D eigenvalue weighted by Crippen LogP contribution is 2.18. The maximum atomic E-state index is 12.2. The molecule has 4 heteroatoms. The van der Waals surface area contributed by atoms with E-state index in [4.69, 9.17) is 0 Å². The summed E-state index contributed by atoms with van der Waals surface area (Å²) in [5, 5.41) is 5.77. The van der Waals surface area contributed by atoms with Crippen molar-refractivity contribution in [2.75, 3.05) is 10.6 Å². The van der Waals surface area contributed by atoms with E-state index in [1.807, 2.05) is 62.4 Å². The highest BCUT2D eigenvalue weighted by molar-refractivity contribution is 5.93. The first-order valence-electron chi connectivity index (χ1n) is 9.10. The van der Waals surface area contributed by atoms with E-state index in [1.165, 1.54) is 5.56 Å². The van der Waals surface area contributed by atoms with Gasteiger partial charge in [-0.25, -0.2) is 0 Å². The lowest BCUT2D eigenvalue weighted by molar-refractivity contribution is -0.118. The van der Waals surface area contributed by atoms with Crippen LogP contribution in [0.3, 0.4) is 0 Å². The maximum Gasteiger partial charge on any atom is 0.224 e. The molecule has 1 atom stereocenters. The Morgan fingerprint density at radius 2 is 1.19 bits per heavy atom. The van der Waals surface area contributed by atoms with Gasteiger partial charge in [0.15, 0.2) is 0 Å². The number of hydrogen-bond donors (Lipinski definition) is 2. The first-order chi connectivity index (χ1) is 12.3. The Kier molecular flexibility index (Phi) is 6.96. The molecule has 26 heavy (non-hydrogen) atoms. The minimum absolute atomic E-state index is 0.0321. The Bertz CT molecular complexity index is 734. The van der Waals surface area contributed by atoms with Crippen molar-refractivity contribution in [3.05, 3.63) is 59.7 Å². The van der Waals surface area contributed by atoms with Crippen molar-refractivity contribution in [2.24, 2.45) is 5.92 Å². The van der Waals surface area contributed by atoms with E-state index in [9.17, 15) is 9.59 Å². The van der Waals surface area contributed by atoms with Crippen LogP contribution in [0.4, 0.5) is 11.4 Å². The van der Waals surface area contributed by atoms with Gasteiger partial charge < -0.3 is 10.6 Å². The lowest BCUT2D eigenvalue weighted by atomic mass is 10.0. The van der Waals surface area contributed by atoms with Crippen molar-refractivity contribution < 1.29 is 9.59 Å². The van der Waals surface area contributed by atoms with Gasteiger partial charge in [-0.15, -0.1) is 0 Å². The number of carbonyl (C=O) groups excluding carboxylic acids is 2. The van der Waals surface area contributed by atoms with Crippen LogP contribution in [0.25, 0.3) is 0 Å². The van der Waals surface area contributed by atoms with Crippen LogP contribution in [0.1, 0.15) is 50.7 Å². The monoisotopic (exact) mass is 352 g/mol. The molecule has 2 N–H and O–H groups in total. The lowest BCUT2D eigenvalue weighted by Gasteiger charge is -2.13. The topological polar surface area (TPSA) is 58.2 Å². The van der Waals surface area contributed by atoms with Crippen LogP contribution >= 0.6 is 0 Å². The summed E-state index contributed by atoms with van der Waals surface area (Å²) in [7, 11) is 0. The van der Waals surface area contributed by atoms with Gasteiger partial charge in [0.1, 0.15) is 0 Å². The highest BCUT2D eigenvalue weighted by Gasteiger charge is 2.14. The van der Waals surface area contributed by atoms with Gasteiger partial charge in [0, 0.05) is 24.2 Å². The van der Waals surface area contributed by atoms with Crippen LogP contribution in [-0.4, -0.2) is 11.8 Å². The zero-order valence-corrected chi connectivity index (χ0v) is 16.0. The van der Waals surface area contributed by atoms with Gasteiger partial charge in [0.25, 0.3) is 0 Å². The van der Waals surface area contributed by atoms with Crippen LogP contribution < -0.4 is 10.6 Å². The molecule has 0 aliphatic heterocycles. The third-order valence-electron chi connectivity index (χ3n) is 4.26. The third-order valence-corrected chi connectivity index (χ3v) is 4.26. The predicted molar refractivity (Wildman–Crippen MR) is 107 cm³/mol. The number of anilines is 2. The van der Waals surface area contributed by atoms with Gasteiger partial charge in [0.2, 0.25) is 11.8 Å². The van der Waals surface area contributed by atoms with Gasteiger partial charge in [0.05, 0.1) is 0 Å². The number of carbonyl (C=O) groups is 2. The van der Waals surface area contributed by atoms with Gasteiger partial charge in [-0.1, -0.05) is 50.6 Å². The SMILES string of the molecule is Cc1ccc(NC(=O)C[C@@H](C)CC(=O)Nc2ccc(C(C)C)cc2)cc1. The second-order valence-corrected chi connectivity index (χ2v) is 7.25. The van der Waals surface area contributed by atoms with E-state index in [0.29, 0.717) is 18.8 Å². The lowest BCUT2D eigenvalue weighted by Crippen LogP contribution is -2.20. The molecule has 2 amide bonds. The molecule has 4 nitrogen and oxygen atoms in total. The number of rotatable bonds is 7. The zero-order valence-electron chi connectivity index (χ0n) is 16.0. The summed E-state index contributed by atoms with van der Waals surface area (Å²) in [6, 6.07) is 15.6. The predicted octanol–water partition coefficient (Wildman–Crippen LogP) is 5.11. The van der Waals surface area contributed by atoms with Crippen LogP contribution in [0.5, 0.6) is 0 Å². The normalized spacial score (nSPS) is 11.9. The van der Waals surface area contributed by atoms with Crippen LogP contribution in [0.2, 0.25) is 0 Å². The fourth-order valence-electron chi connectivity index (χ4n) is 2.72. The Morgan fingerprint density at radius 3 is 1.62 bits per heavy atom. The van der Waals surface area contributed by atoms with E-state index in [0.717, 1.165) is 16.9 Å². The minimum atomic E-state index is -0.0737. The van der Waals surface area contributed by atoms with Crippen molar-refractivity contribution in [1.82, 2.24) is 0 Å². The minimum Gasteiger partial charge on any atom is -0.326 e. The number of benzene rings is 2. The molecule has 0 aliphatic carbocycles. The molecule has 2 aromatic carbocycles.